The quantitative estimate of drug-likeness (QED) is 0.806. The van der Waals surface area contributed by atoms with Crippen molar-refractivity contribution in [2.45, 2.75) is 38.0 Å². The van der Waals surface area contributed by atoms with Crippen molar-refractivity contribution in [1.29, 1.82) is 0 Å². The molecule has 0 amide bonds. The molecule has 0 aliphatic carbocycles. The third-order valence-electron chi connectivity index (χ3n) is 6.15. The SMILES string of the molecule is C[C@H]1O[C@@H](c2ccnc3ccccc23)[C@H]2C[C@@H]3CCN2C[C@@H]31. The topological polar surface area (TPSA) is 25.4 Å². The summed E-state index contributed by atoms with van der Waals surface area (Å²) in [5.41, 5.74) is 2.41. The van der Waals surface area contributed by atoms with Gasteiger partial charge in [-0.3, -0.25) is 9.88 Å². The average Bonchev–Trinajstić information content (AvgIpc) is 2.78. The first-order chi connectivity index (χ1) is 10.8. The predicted molar refractivity (Wildman–Crippen MR) is 86.6 cm³/mol. The standard InChI is InChI=1S/C19H22N2O/c1-12-16-11-21-9-7-13(16)10-18(21)19(22-12)15-6-8-20-17-5-3-2-4-14(15)17/h2-6,8,12-13,16,18-19H,7,9-11H2,1H3/t12-,13+,16-,18-,19+/m1/s1. The number of pyridine rings is 1. The van der Waals surface area contributed by atoms with Crippen molar-refractivity contribution in [2.75, 3.05) is 13.1 Å². The van der Waals surface area contributed by atoms with Gasteiger partial charge in [-0.15, -0.1) is 0 Å². The van der Waals surface area contributed by atoms with Gasteiger partial charge in [0.1, 0.15) is 0 Å². The molecule has 114 valence electrons. The Morgan fingerprint density at radius 3 is 3.00 bits per heavy atom. The highest BCUT2D eigenvalue weighted by Crippen LogP contribution is 2.48. The third-order valence-corrected chi connectivity index (χ3v) is 6.15. The summed E-state index contributed by atoms with van der Waals surface area (Å²) < 4.78 is 6.60. The van der Waals surface area contributed by atoms with E-state index in [4.69, 9.17) is 4.74 Å². The minimum Gasteiger partial charge on any atom is -0.369 e. The number of fused-ring (bicyclic) bond motifs is 4. The second-order valence-electron chi connectivity index (χ2n) is 7.19. The molecule has 5 saturated heterocycles. The van der Waals surface area contributed by atoms with Gasteiger partial charge in [-0.25, -0.2) is 0 Å². The van der Waals surface area contributed by atoms with Crippen LogP contribution in [-0.2, 0) is 4.74 Å². The zero-order valence-electron chi connectivity index (χ0n) is 13.0. The molecule has 0 N–H and O–H groups in total. The van der Waals surface area contributed by atoms with Gasteiger partial charge in [0.2, 0.25) is 0 Å². The molecule has 0 saturated carbocycles. The summed E-state index contributed by atoms with van der Waals surface area (Å²) in [5, 5.41) is 1.25. The van der Waals surface area contributed by atoms with Crippen LogP contribution in [-0.4, -0.2) is 35.1 Å². The number of piperidine rings is 3. The molecule has 2 aromatic rings. The van der Waals surface area contributed by atoms with Crippen molar-refractivity contribution in [1.82, 2.24) is 9.88 Å². The van der Waals surface area contributed by atoms with Crippen molar-refractivity contribution in [2.24, 2.45) is 11.8 Å². The predicted octanol–water partition coefficient (Wildman–Crippen LogP) is 3.41. The molecule has 3 nitrogen and oxygen atoms in total. The van der Waals surface area contributed by atoms with E-state index in [1.54, 1.807) is 0 Å². The van der Waals surface area contributed by atoms with E-state index in [9.17, 15) is 0 Å². The Bertz CT molecular complexity index is 710. The summed E-state index contributed by atoms with van der Waals surface area (Å²) in [6.07, 6.45) is 5.15. The van der Waals surface area contributed by atoms with Gasteiger partial charge in [0.25, 0.3) is 0 Å². The molecule has 4 bridgehead atoms. The molecule has 6 heterocycles. The maximum absolute atomic E-state index is 6.60. The number of hydrogen-bond donors (Lipinski definition) is 0. The lowest BCUT2D eigenvalue weighted by atomic mass is 9.73. The average molecular weight is 294 g/mol. The van der Waals surface area contributed by atoms with Crippen molar-refractivity contribution >= 4 is 10.9 Å². The van der Waals surface area contributed by atoms with Crippen LogP contribution in [0.5, 0.6) is 0 Å². The molecule has 22 heavy (non-hydrogen) atoms. The van der Waals surface area contributed by atoms with Gasteiger partial charge < -0.3 is 4.74 Å². The Hall–Kier alpha value is -1.45. The Balaban J connectivity index is 1.64. The summed E-state index contributed by atoms with van der Waals surface area (Å²) in [5.74, 6) is 1.59. The molecular formula is C19H22N2O. The molecule has 5 fully saturated rings. The Morgan fingerprint density at radius 1 is 1.23 bits per heavy atom. The Morgan fingerprint density at radius 2 is 2.14 bits per heavy atom. The monoisotopic (exact) mass is 294 g/mol. The first kappa shape index (κ1) is 13.0. The van der Waals surface area contributed by atoms with E-state index in [0.29, 0.717) is 12.1 Å². The third kappa shape index (κ3) is 1.79. The zero-order valence-corrected chi connectivity index (χ0v) is 13.0. The molecule has 1 aromatic carbocycles. The van der Waals surface area contributed by atoms with E-state index in [1.165, 1.54) is 36.9 Å². The molecule has 0 spiro atoms. The molecule has 7 rings (SSSR count). The molecule has 5 aliphatic heterocycles. The van der Waals surface area contributed by atoms with Crippen LogP contribution in [0, 0.1) is 11.8 Å². The van der Waals surface area contributed by atoms with Crippen LogP contribution in [0.2, 0.25) is 0 Å². The first-order valence-electron chi connectivity index (χ1n) is 8.54. The largest absolute Gasteiger partial charge is 0.369 e. The van der Waals surface area contributed by atoms with E-state index < -0.39 is 0 Å². The van der Waals surface area contributed by atoms with Gasteiger partial charge in [0, 0.05) is 30.1 Å². The number of hydrogen-bond acceptors (Lipinski definition) is 3. The number of para-hydroxylation sites is 1. The fourth-order valence-electron chi connectivity index (χ4n) is 5.03. The van der Waals surface area contributed by atoms with Crippen molar-refractivity contribution in [3.8, 4) is 0 Å². The first-order valence-corrected chi connectivity index (χ1v) is 8.54. The van der Waals surface area contributed by atoms with Gasteiger partial charge in [0.05, 0.1) is 17.7 Å². The fourth-order valence-corrected chi connectivity index (χ4v) is 5.03. The van der Waals surface area contributed by atoms with Gasteiger partial charge in [-0.1, -0.05) is 18.2 Å². The fraction of sp³-hybridized carbons (Fsp3) is 0.526. The molecule has 5 aliphatic rings. The van der Waals surface area contributed by atoms with Crippen LogP contribution in [0.4, 0.5) is 0 Å². The lowest BCUT2D eigenvalue weighted by Crippen LogP contribution is -2.54. The molecular weight excluding hydrogens is 272 g/mol. The number of rotatable bonds is 1. The molecule has 6 atom stereocenters. The van der Waals surface area contributed by atoms with Crippen LogP contribution in [0.1, 0.15) is 31.4 Å². The van der Waals surface area contributed by atoms with Crippen LogP contribution in [0.3, 0.4) is 0 Å². The van der Waals surface area contributed by atoms with Gasteiger partial charge >= 0.3 is 0 Å². The zero-order chi connectivity index (χ0) is 14.7. The number of nitrogens with zero attached hydrogens (tertiary/aromatic N) is 2. The van der Waals surface area contributed by atoms with E-state index in [2.05, 4.69) is 47.1 Å². The Kier molecular flexibility index (Phi) is 2.83. The summed E-state index contributed by atoms with van der Waals surface area (Å²) in [6, 6.07) is 11.2. The van der Waals surface area contributed by atoms with Crippen molar-refractivity contribution < 1.29 is 4.74 Å². The van der Waals surface area contributed by atoms with Gasteiger partial charge in [0.15, 0.2) is 0 Å². The van der Waals surface area contributed by atoms with E-state index in [-0.39, 0.29) is 6.10 Å². The van der Waals surface area contributed by atoms with Gasteiger partial charge in [-0.2, -0.15) is 0 Å². The number of ether oxygens (including phenoxy) is 1. The highest BCUT2D eigenvalue weighted by atomic mass is 16.5. The van der Waals surface area contributed by atoms with E-state index >= 15 is 0 Å². The van der Waals surface area contributed by atoms with Gasteiger partial charge in [-0.05, 0) is 49.9 Å². The maximum Gasteiger partial charge on any atom is 0.0990 e. The van der Waals surface area contributed by atoms with Crippen LogP contribution in [0.15, 0.2) is 36.5 Å². The smallest absolute Gasteiger partial charge is 0.0990 e. The summed E-state index contributed by atoms with van der Waals surface area (Å²) in [7, 11) is 0. The molecule has 3 heteroatoms. The second-order valence-corrected chi connectivity index (χ2v) is 7.19. The molecule has 1 unspecified atom stereocenters. The Labute approximate surface area is 131 Å². The summed E-state index contributed by atoms with van der Waals surface area (Å²) >= 11 is 0. The van der Waals surface area contributed by atoms with Crippen LogP contribution in [0.25, 0.3) is 10.9 Å². The second kappa shape index (κ2) is 4.77. The maximum atomic E-state index is 6.60. The van der Waals surface area contributed by atoms with Crippen molar-refractivity contribution in [3.63, 3.8) is 0 Å². The highest BCUT2D eigenvalue weighted by molar-refractivity contribution is 5.82. The number of aromatic nitrogens is 1. The summed E-state index contributed by atoms with van der Waals surface area (Å²) in [4.78, 5) is 7.21. The van der Waals surface area contributed by atoms with Crippen molar-refractivity contribution in [3.05, 3.63) is 42.1 Å². The lowest BCUT2D eigenvalue weighted by molar-refractivity contribution is -0.0213. The lowest BCUT2D eigenvalue weighted by Gasteiger charge is -2.48. The van der Waals surface area contributed by atoms with Crippen LogP contribution < -0.4 is 0 Å². The number of benzene rings is 1. The minimum absolute atomic E-state index is 0.193. The highest BCUT2D eigenvalue weighted by Gasteiger charge is 2.49. The van der Waals surface area contributed by atoms with Crippen LogP contribution >= 0.6 is 0 Å². The van der Waals surface area contributed by atoms with E-state index in [0.717, 1.165) is 17.4 Å². The summed E-state index contributed by atoms with van der Waals surface area (Å²) in [6.45, 7) is 4.77. The minimum atomic E-state index is 0.193. The molecule has 0 radical (unpaired) electrons. The normalized spacial score (nSPS) is 40.0. The van der Waals surface area contributed by atoms with E-state index in [1.807, 2.05) is 6.20 Å². The molecule has 1 aromatic heterocycles.